The van der Waals surface area contributed by atoms with Crippen LogP contribution in [0, 0.1) is 5.92 Å². The second-order valence-corrected chi connectivity index (χ2v) is 10.1. The van der Waals surface area contributed by atoms with Gasteiger partial charge in [-0.25, -0.2) is 14.8 Å². The smallest absolute Gasteiger partial charge is 0.381 e. The first-order valence-electron chi connectivity index (χ1n) is 12.8. The Morgan fingerprint density at radius 1 is 1.15 bits per heavy atom. The number of aryl methyl sites for hydroxylation is 1. The van der Waals surface area contributed by atoms with Gasteiger partial charge in [0.1, 0.15) is 11.6 Å². The molecule has 1 N–H and O–H groups in total. The summed E-state index contributed by atoms with van der Waals surface area (Å²) in [4.78, 5) is 46.1. The van der Waals surface area contributed by atoms with Crippen molar-refractivity contribution >= 4 is 29.7 Å². The molecule has 3 amide bonds. The van der Waals surface area contributed by atoms with Gasteiger partial charge in [-0.1, -0.05) is 0 Å². The minimum Gasteiger partial charge on any atom is -0.381 e. The van der Waals surface area contributed by atoms with Crippen molar-refractivity contribution in [2.45, 2.75) is 43.9 Å². The summed E-state index contributed by atoms with van der Waals surface area (Å²) in [6.45, 7) is 2.38. The van der Waals surface area contributed by atoms with Crippen molar-refractivity contribution in [2.75, 3.05) is 38.7 Å². The summed E-state index contributed by atoms with van der Waals surface area (Å²) in [5.41, 5.74) is -1.37. The Hall–Kier alpha value is -3.68. The average molecular weight is 550 g/mol. The summed E-state index contributed by atoms with van der Waals surface area (Å²) in [6.07, 6.45) is 2.28. The fraction of sp³-hybridized carbons (Fsp3) is 0.560. The lowest BCUT2D eigenvalue weighted by atomic mass is 9.99. The molecule has 0 aliphatic carbocycles. The summed E-state index contributed by atoms with van der Waals surface area (Å²) in [5.74, 6) is -0.116. The number of allylic oxidation sites excluding steroid dienone is 1. The lowest BCUT2D eigenvalue weighted by Crippen LogP contribution is -2.47. The topological polar surface area (TPSA) is 112 Å². The summed E-state index contributed by atoms with van der Waals surface area (Å²) in [6, 6.07) is -0.179. The number of hydrogen-bond donors (Lipinski definition) is 1. The maximum atomic E-state index is 13.2. The minimum atomic E-state index is -4.65. The second-order valence-electron chi connectivity index (χ2n) is 10.1. The van der Waals surface area contributed by atoms with Gasteiger partial charge in [-0.2, -0.15) is 18.3 Å². The quantitative estimate of drug-likeness (QED) is 0.620. The molecule has 0 radical (unpaired) electrons. The number of nitrogens with zero attached hydrogens (tertiary/aromatic N) is 6. The summed E-state index contributed by atoms with van der Waals surface area (Å²) in [5, 5.41) is 8.35. The van der Waals surface area contributed by atoms with Crippen LogP contribution in [0.1, 0.15) is 31.2 Å². The number of hydrazone groups is 1. The van der Waals surface area contributed by atoms with E-state index in [1.54, 1.807) is 18.3 Å². The first-order valence-corrected chi connectivity index (χ1v) is 12.8. The predicted octanol–water partition coefficient (Wildman–Crippen LogP) is 2.25. The molecule has 5 heterocycles. The van der Waals surface area contributed by atoms with E-state index in [1.807, 2.05) is 6.08 Å². The SMILES string of the molecule is CN(C(=O)Nc1cc(C(F)(F)F)cn(C)c1=O)C1CCN(C2=CC3C(=O)N(C4CCOCC4)N=C3N=C2)CC1. The molecule has 1 aromatic rings. The average Bonchev–Trinajstić information content (AvgIpc) is 3.26. The molecule has 1 aromatic heterocycles. The van der Waals surface area contributed by atoms with Crippen LogP contribution < -0.4 is 10.9 Å². The summed E-state index contributed by atoms with van der Waals surface area (Å²) >= 11 is 0. The van der Waals surface area contributed by atoms with E-state index in [1.165, 1.54) is 11.9 Å². The van der Waals surface area contributed by atoms with Crippen LogP contribution in [0.5, 0.6) is 0 Å². The Labute approximate surface area is 222 Å². The standard InChI is InChI=1S/C25H30F3N7O4/c1-32-14-15(25(26,27)28)11-20(23(32)37)30-24(38)33(2)16-3-7-34(8-4-16)18-12-19-21(29-13-18)31-35(22(19)36)17-5-9-39-10-6-17/h11-14,16-17,19H,3-10H2,1-2H3,(H,30,38). The van der Waals surface area contributed by atoms with Crippen molar-refractivity contribution in [3.05, 3.63) is 40.0 Å². The number of amidine groups is 1. The molecule has 0 saturated carbocycles. The number of amides is 3. The number of dihydropyridines is 1. The number of urea groups is 1. The van der Waals surface area contributed by atoms with Gasteiger partial charge in [0.05, 0.1) is 23.5 Å². The number of carbonyl (C=O) groups is 2. The minimum absolute atomic E-state index is 0.0185. The third kappa shape index (κ3) is 5.42. The summed E-state index contributed by atoms with van der Waals surface area (Å²) < 4.78 is 45.7. The number of anilines is 1. The highest BCUT2D eigenvalue weighted by molar-refractivity contribution is 6.14. The number of nitrogens with one attached hydrogen (secondary N) is 1. The molecular weight excluding hydrogens is 519 g/mol. The number of piperidine rings is 1. The Morgan fingerprint density at radius 3 is 2.51 bits per heavy atom. The fourth-order valence-corrected chi connectivity index (χ4v) is 5.29. The highest BCUT2D eigenvalue weighted by Crippen LogP contribution is 2.31. The number of alkyl halides is 3. The van der Waals surface area contributed by atoms with Crippen LogP contribution in [0.2, 0.25) is 0 Å². The molecule has 4 aliphatic heterocycles. The number of rotatable bonds is 4. The van der Waals surface area contributed by atoms with Gasteiger partial charge in [-0.15, -0.1) is 0 Å². The van der Waals surface area contributed by atoms with Crippen molar-refractivity contribution in [1.29, 1.82) is 0 Å². The van der Waals surface area contributed by atoms with E-state index in [-0.39, 0.29) is 18.0 Å². The molecule has 2 saturated heterocycles. The van der Waals surface area contributed by atoms with E-state index in [0.29, 0.717) is 57.2 Å². The Bertz CT molecular complexity index is 1290. The van der Waals surface area contributed by atoms with Crippen molar-refractivity contribution < 1.29 is 27.5 Å². The normalized spacial score (nSPS) is 22.5. The number of carbonyl (C=O) groups excluding carboxylic acids is 2. The summed E-state index contributed by atoms with van der Waals surface area (Å²) in [7, 11) is 2.76. The van der Waals surface area contributed by atoms with E-state index in [0.717, 1.165) is 23.1 Å². The van der Waals surface area contributed by atoms with Gasteiger partial charge < -0.3 is 24.4 Å². The highest BCUT2D eigenvalue weighted by Gasteiger charge is 2.41. The lowest BCUT2D eigenvalue weighted by Gasteiger charge is -2.38. The number of aromatic nitrogens is 1. The van der Waals surface area contributed by atoms with Crippen LogP contribution >= 0.6 is 0 Å². The van der Waals surface area contributed by atoms with Crippen molar-refractivity contribution in [3.63, 3.8) is 0 Å². The molecule has 0 spiro atoms. The number of aliphatic imine (C=N–C) groups is 1. The van der Waals surface area contributed by atoms with Crippen molar-refractivity contribution in [2.24, 2.45) is 23.1 Å². The van der Waals surface area contributed by atoms with Gasteiger partial charge in [-0.05, 0) is 37.8 Å². The molecule has 39 heavy (non-hydrogen) atoms. The lowest BCUT2D eigenvalue weighted by molar-refractivity contribution is -0.138. The number of ether oxygens (including phenoxy) is 1. The number of hydrogen-bond acceptors (Lipinski definition) is 7. The second kappa shape index (κ2) is 10.5. The largest absolute Gasteiger partial charge is 0.417 e. The van der Waals surface area contributed by atoms with Gasteiger partial charge in [0.15, 0.2) is 5.84 Å². The van der Waals surface area contributed by atoms with Crippen LogP contribution in [-0.2, 0) is 22.8 Å². The molecule has 14 heteroatoms. The molecule has 210 valence electrons. The molecule has 2 fully saturated rings. The Morgan fingerprint density at radius 2 is 1.85 bits per heavy atom. The number of likely N-dealkylation sites (tertiary alicyclic amines) is 1. The fourth-order valence-electron chi connectivity index (χ4n) is 5.29. The van der Waals surface area contributed by atoms with Crippen LogP contribution in [0.15, 0.2) is 38.9 Å². The van der Waals surface area contributed by atoms with Crippen LogP contribution in [0.4, 0.5) is 23.7 Å². The highest BCUT2D eigenvalue weighted by atomic mass is 19.4. The molecule has 0 aromatic carbocycles. The Kier molecular flexibility index (Phi) is 7.23. The molecule has 0 bridgehead atoms. The van der Waals surface area contributed by atoms with Gasteiger partial charge in [0.25, 0.3) is 11.5 Å². The van der Waals surface area contributed by atoms with Gasteiger partial charge in [0, 0.05) is 52.6 Å². The molecular formula is C25H30F3N7O4. The van der Waals surface area contributed by atoms with Gasteiger partial charge in [-0.3, -0.25) is 9.59 Å². The van der Waals surface area contributed by atoms with E-state index < -0.39 is 34.9 Å². The molecule has 11 nitrogen and oxygen atoms in total. The van der Waals surface area contributed by atoms with E-state index in [2.05, 4.69) is 20.3 Å². The monoisotopic (exact) mass is 549 g/mol. The van der Waals surface area contributed by atoms with Gasteiger partial charge in [0.2, 0.25) is 0 Å². The van der Waals surface area contributed by atoms with Crippen molar-refractivity contribution in [1.82, 2.24) is 19.4 Å². The van der Waals surface area contributed by atoms with Crippen LogP contribution in [0.3, 0.4) is 0 Å². The van der Waals surface area contributed by atoms with E-state index in [4.69, 9.17) is 4.74 Å². The van der Waals surface area contributed by atoms with Crippen LogP contribution in [0.25, 0.3) is 0 Å². The maximum absolute atomic E-state index is 13.2. The zero-order valence-corrected chi connectivity index (χ0v) is 21.6. The maximum Gasteiger partial charge on any atom is 0.417 e. The molecule has 1 unspecified atom stereocenters. The molecule has 1 atom stereocenters. The Balaban J connectivity index is 1.19. The number of fused-ring (bicyclic) bond motifs is 1. The molecule has 4 aliphatic rings. The molecule has 5 rings (SSSR count). The zero-order valence-electron chi connectivity index (χ0n) is 21.6. The zero-order chi connectivity index (χ0) is 27.9. The first-order chi connectivity index (χ1) is 18.5. The number of halogens is 3. The predicted molar refractivity (Wildman–Crippen MR) is 136 cm³/mol. The van der Waals surface area contributed by atoms with E-state index >= 15 is 0 Å². The third-order valence-corrected chi connectivity index (χ3v) is 7.63. The first kappa shape index (κ1) is 26.9. The van der Waals surface area contributed by atoms with Crippen LogP contribution in [-0.4, -0.2) is 88.8 Å². The third-order valence-electron chi connectivity index (χ3n) is 7.63. The number of pyridine rings is 1. The van der Waals surface area contributed by atoms with Gasteiger partial charge >= 0.3 is 12.2 Å². The van der Waals surface area contributed by atoms with Crippen molar-refractivity contribution in [3.8, 4) is 0 Å². The van der Waals surface area contributed by atoms with E-state index in [9.17, 15) is 27.6 Å².